The lowest BCUT2D eigenvalue weighted by Crippen LogP contribution is -2.37. The van der Waals surface area contributed by atoms with E-state index in [9.17, 15) is 14.4 Å². The van der Waals surface area contributed by atoms with E-state index in [1.807, 2.05) is 67.6 Å². The Morgan fingerprint density at radius 1 is 1.00 bits per heavy atom. The van der Waals surface area contributed by atoms with Crippen molar-refractivity contribution < 1.29 is 23.9 Å². The highest BCUT2D eigenvalue weighted by Crippen LogP contribution is 2.40. The van der Waals surface area contributed by atoms with Crippen molar-refractivity contribution in [1.82, 2.24) is 5.32 Å². The molecule has 1 heterocycles. The number of carbonyl (C=O) groups is 3. The van der Waals surface area contributed by atoms with Crippen LogP contribution in [0.4, 0.5) is 0 Å². The highest BCUT2D eigenvalue weighted by molar-refractivity contribution is 6.26. The van der Waals surface area contributed by atoms with Gasteiger partial charge in [0.05, 0.1) is 12.7 Å². The van der Waals surface area contributed by atoms with Gasteiger partial charge < -0.3 is 14.8 Å². The lowest BCUT2D eigenvalue weighted by molar-refractivity contribution is -0.143. The van der Waals surface area contributed by atoms with Crippen LogP contribution in [0.2, 0.25) is 0 Å². The molecule has 1 fully saturated rings. The molecule has 3 aromatic rings. The summed E-state index contributed by atoms with van der Waals surface area (Å²) in [6.45, 7) is 1.86. The molecule has 0 amide bonds. The molecule has 38 heavy (non-hydrogen) atoms. The summed E-state index contributed by atoms with van der Waals surface area (Å²) in [5.74, 6) is -0.281. The third kappa shape index (κ3) is 4.95. The quantitative estimate of drug-likeness (QED) is 0.288. The fraction of sp³-hybridized carbons (Fsp3) is 0.344. The number of benzene rings is 3. The SMILES string of the molecule is CCC(NC1=C(c2cccc(C(=O)C3CCCCC3)c2)C(=O)C(c2cccc3ccccc23)O1)C(=O)OC. The van der Waals surface area contributed by atoms with Crippen LogP contribution in [0, 0.1) is 5.92 Å². The molecule has 2 aliphatic rings. The number of ether oxygens (including phenoxy) is 2. The molecule has 0 saturated heterocycles. The standard InChI is InChI=1S/C32H33NO5/c1-3-26(32(36)37-2)33-31-27(22-15-9-16-23(19-22)28(34)21-12-5-4-6-13-21)29(35)30(38-31)25-18-10-14-20-11-7-8-17-24(20)25/h7-11,14-19,21,26,30,33H,3-6,12-13H2,1-2H3. The van der Waals surface area contributed by atoms with Crippen LogP contribution in [-0.4, -0.2) is 30.7 Å². The van der Waals surface area contributed by atoms with Crippen LogP contribution in [-0.2, 0) is 19.1 Å². The van der Waals surface area contributed by atoms with Crippen molar-refractivity contribution in [2.75, 3.05) is 7.11 Å². The zero-order valence-corrected chi connectivity index (χ0v) is 21.9. The lowest BCUT2D eigenvalue weighted by atomic mass is 9.83. The van der Waals surface area contributed by atoms with Crippen LogP contribution in [0.5, 0.6) is 0 Å². The van der Waals surface area contributed by atoms with E-state index in [2.05, 4.69) is 5.32 Å². The zero-order valence-electron chi connectivity index (χ0n) is 21.9. The van der Waals surface area contributed by atoms with E-state index in [0.717, 1.165) is 42.0 Å². The Bertz CT molecular complexity index is 1400. The van der Waals surface area contributed by atoms with Gasteiger partial charge in [0.1, 0.15) is 6.04 Å². The molecule has 0 bridgehead atoms. The van der Waals surface area contributed by atoms with E-state index < -0.39 is 18.1 Å². The second-order valence-corrected chi connectivity index (χ2v) is 10.0. The summed E-state index contributed by atoms with van der Waals surface area (Å²) in [5.41, 5.74) is 2.29. The number of hydrogen-bond acceptors (Lipinski definition) is 6. The van der Waals surface area contributed by atoms with E-state index in [4.69, 9.17) is 9.47 Å². The van der Waals surface area contributed by atoms with Crippen molar-refractivity contribution >= 4 is 33.9 Å². The van der Waals surface area contributed by atoms with E-state index >= 15 is 0 Å². The van der Waals surface area contributed by atoms with E-state index in [0.29, 0.717) is 23.1 Å². The molecule has 1 aliphatic carbocycles. The van der Waals surface area contributed by atoms with Gasteiger partial charge in [-0.2, -0.15) is 0 Å². The van der Waals surface area contributed by atoms with Crippen LogP contribution in [0.15, 0.2) is 72.6 Å². The van der Waals surface area contributed by atoms with Gasteiger partial charge in [0.2, 0.25) is 5.78 Å². The van der Waals surface area contributed by atoms with Gasteiger partial charge in [0.25, 0.3) is 0 Å². The first kappa shape index (κ1) is 25.7. The Labute approximate surface area is 223 Å². The van der Waals surface area contributed by atoms with E-state index in [1.165, 1.54) is 13.5 Å². The predicted octanol–water partition coefficient (Wildman–Crippen LogP) is 6.15. The van der Waals surface area contributed by atoms with Gasteiger partial charge in [0.15, 0.2) is 17.8 Å². The Morgan fingerprint density at radius 3 is 2.50 bits per heavy atom. The molecule has 1 saturated carbocycles. The first-order valence-corrected chi connectivity index (χ1v) is 13.4. The third-order valence-corrected chi connectivity index (χ3v) is 7.66. The Balaban J connectivity index is 1.55. The molecule has 5 rings (SSSR count). The first-order chi connectivity index (χ1) is 18.5. The second-order valence-electron chi connectivity index (χ2n) is 10.0. The van der Waals surface area contributed by atoms with E-state index in [1.54, 1.807) is 6.07 Å². The van der Waals surface area contributed by atoms with Gasteiger partial charge >= 0.3 is 5.97 Å². The van der Waals surface area contributed by atoms with Crippen LogP contribution in [0.1, 0.15) is 73.0 Å². The van der Waals surface area contributed by atoms with E-state index in [-0.39, 0.29) is 23.4 Å². The zero-order chi connectivity index (χ0) is 26.6. The minimum atomic E-state index is -0.883. The number of esters is 1. The molecule has 1 N–H and O–H groups in total. The van der Waals surface area contributed by atoms with Gasteiger partial charge in [-0.1, -0.05) is 86.8 Å². The molecule has 0 aromatic heterocycles. The normalized spacial score (nSPS) is 18.8. The minimum Gasteiger partial charge on any atom is -0.467 e. The van der Waals surface area contributed by atoms with Gasteiger partial charge in [-0.25, -0.2) is 4.79 Å². The second kappa shape index (κ2) is 11.2. The molecule has 1 aliphatic heterocycles. The highest BCUT2D eigenvalue weighted by atomic mass is 16.5. The number of rotatable bonds is 8. The van der Waals surface area contributed by atoms with Crippen LogP contribution in [0.25, 0.3) is 16.3 Å². The number of methoxy groups -OCH3 is 1. The fourth-order valence-corrected chi connectivity index (χ4v) is 5.59. The van der Waals surface area contributed by atoms with Crippen LogP contribution in [0.3, 0.4) is 0 Å². The molecular formula is C32H33NO5. The summed E-state index contributed by atoms with van der Waals surface area (Å²) < 4.78 is 11.3. The fourth-order valence-electron chi connectivity index (χ4n) is 5.59. The Morgan fingerprint density at radius 2 is 1.74 bits per heavy atom. The molecule has 3 aromatic carbocycles. The first-order valence-electron chi connectivity index (χ1n) is 13.4. The van der Waals surface area contributed by atoms with Crippen molar-refractivity contribution in [1.29, 1.82) is 0 Å². The number of nitrogens with one attached hydrogen (secondary N) is 1. The number of ketones is 2. The van der Waals surface area contributed by atoms with Gasteiger partial charge in [-0.3, -0.25) is 9.59 Å². The summed E-state index contributed by atoms with van der Waals surface area (Å²) in [4.78, 5) is 39.7. The molecule has 0 spiro atoms. The van der Waals surface area contributed by atoms with Crippen molar-refractivity contribution in [3.63, 3.8) is 0 Å². The monoisotopic (exact) mass is 511 g/mol. The minimum absolute atomic E-state index is 0.0216. The molecule has 2 atom stereocenters. The molecule has 6 heteroatoms. The average Bonchev–Trinajstić information content (AvgIpc) is 3.30. The summed E-state index contributed by atoms with van der Waals surface area (Å²) in [7, 11) is 1.34. The number of Topliss-reactive ketones (excluding diaryl/α,β-unsaturated/α-hetero) is 2. The molecule has 6 nitrogen and oxygen atoms in total. The third-order valence-electron chi connectivity index (χ3n) is 7.66. The summed E-state index contributed by atoms with van der Waals surface area (Å²) in [6, 6.07) is 20.2. The molecule has 196 valence electrons. The van der Waals surface area contributed by atoms with Crippen molar-refractivity contribution in [3.05, 3.63) is 89.3 Å². The van der Waals surface area contributed by atoms with Crippen molar-refractivity contribution in [3.8, 4) is 0 Å². The average molecular weight is 512 g/mol. The van der Waals surface area contributed by atoms with Crippen LogP contribution >= 0.6 is 0 Å². The van der Waals surface area contributed by atoms with Crippen molar-refractivity contribution in [2.24, 2.45) is 5.92 Å². The maximum atomic E-state index is 14.0. The van der Waals surface area contributed by atoms with Gasteiger partial charge in [-0.05, 0) is 41.7 Å². The molecular weight excluding hydrogens is 478 g/mol. The Hall–Kier alpha value is -3.93. The topological polar surface area (TPSA) is 81.7 Å². The lowest BCUT2D eigenvalue weighted by Gasteiger charge is -2.20. The number of fused-ring (bicyclic) bond motifs is 1. The number of carbonyl (C=O) groups excluding carboxylic acids is 3. The van der Waals surface area contributed by atoms with Gasteiger partial charge in [-0.15, -0.1) is 0 Å². The number of hydrogen-bond donors (Lipinski definition) is 1. The maximum Gasteiger partial charge on any atom is 0.328 e. The highest BCUT2D eigenvalue weighted by Gasteiger charge is 2.39. The molecule has 0 radical (unpaired) electrons. The summed E-state index contributed by atoms with van der Waals surface area (Å²) >= 11 is 0. The summed E-state index contributed by atoms with van der Waals surface area (Å²) in [5, 5.41) is 5.06. The maximum absolute atomic E-state index is 14.0. The smallest absolute Gasteiger partial charge is 0.328 e. The largest absolute Gasteiger partial charge is 0.467 e. The Kier molecular flexibility index (Phi) is 7.59. The molecule has 2 unspecified atom stereocenters. The predicted molar refractivity (Wildman–Crippen MR) is 146 cm³/mol. The van der Waals surface area contributed by atoms with Gasteiger partial charge in [0, 0.05) is 17.0 Å². The van der Waals surface area contributed by atoms with Crippen molar-refractivity contribution in [2.45, 2.75) is 57.6 Å². The van der Waals surface area contributed by atoms with Crippen LogP contribution < -0.4 is 5.32 Å². The summed E-state index contributed by atoms with van der Waals surface area (Å²) in [6.07, 6.45) is 4.68.